The second-order valence-corrected chi connectivity index (χ2v) is 9.42. The predicted octanol–water partition coefficient (Wildman–Crippen LogP) is 3.61. The fourth-order valence-electron chi connectivity index (χ4n) is 3.65. The highest BCUT2D eigenvalue weighted by molar-refractivity contribution is 7.89. The highest BCUT2D eigenvalue weighted by atomic mass is 32.2. The molecule has 1 aliphatic rings. The quantitative estimate of drug-likeness (QED) is 0.829. The first-order valence-corrected chi connectivity index (χ1v) is 10.8. The molecule has 1 aliphatic heterocycles. The normalized spacial score (nSPS) is 20.5. The van der Waals surface area contributed by atoms with Crippen LogP contribution in [0.1, 0.15) is 30.6 Å². The average Bonchev–Trinajstić information content (AvgIpc) is 2.67. The van der Waals surface area contributed by atoms with Gasteiger partial charge in [-0.15, -0.1) is 0 Å². The molecular formula is C21H26N2O4S. The summed E-state index contributed by atoms with van der Waals surface area (Å²) < 4.78 is 32.8. The highest BCUT2D eigenvalue weighted by Crippen LogP contribution is 2.27. The van der Waals surface area contributed by atoms with Crippen molar-refractivity contribution < 1.29 is 17.9 Å². The highest BCUT2D eigenvalue weighted by Gasteiger charge is 2.31. The Hall–Kier alpha value is -2.38. The lowest BCUT2D eigenvalue weighted by molar-refractivity contribution is 0.102. The second kappa shape index (κ2) is 8.32. The maximum Gasteiger partial charge on any atom is 0.255 e. The molecule has 0 aromatic heterocycles. The van der Waals surface area contributed by atoms with Crippen LogP contribution in [0.25, 0.3) is 0 Å². The third-order valence-corrected chi connectivity index (χ3v) is 6.72. The summed E-state index contributed by atoms with van der Waals surface area (Å²) in [4.78, 5) is 12.8. The van der Waals surface area contributed by atoms with Gasteiger partial charge in [-0.2, -0.15) is 4.31 Å². The van der Waals surface area contributed by atoms with E-state index in [0.717, 1.165) is 6.42 Å². The molecule has 1 amide bonds. The van der Waals surface area contributed by atoms with E-state index in [1.54, 1.807) is 49.6 Å². The van der Waals surface area contributed by atoms with E-state index in [1.807, 2.05) is 0 Å². The van der Waals surface area contributed by atoms with Gasteiger partial charge in [-0.05, 0) is 48.6 Å². The van der Waals surface area contributed by atoms with Crippen LogP contribution >= 0.6 is 0 Å². The summed E-state index contributed by atoms with van der Waals surface area (Å²) in [7, 11) is -2.08. The van der Waals surface area contributed by atoms with Crippen molar-refractivity contribution in [3.05, 3.63) is 54.1 Å². The second-order valence-electron chi connectivity index (χ2n) is 7.48. The number of hydrogen-bond donors (Lipinski definition) is 1. The van der Waals surface area contributed by atoms with Gasteiger partial charge in [-0.25, -0.2) is 8.42 Å². The Labute approximate surface area is 166 Å². The molecule has 1 N–H and O–H groups in total. The van der Waals surface area contributed by atoms with Gasteiger partial charge in [0, 0.05) is 30.4 Å². The number of rotatable bonds is 5. The first-order chi connectivity index (χ1) is 13.3. The van der Waals surface area contributed by atoms with E-state index < -0.39 is 10.0 Å². The van der Waals surface area contributed by atoms with Crippen molar-refractivity contribution >= 4 is 21.6 Å². The first-order valence-electron chi connectivity index (χ1n) is 9.35. The largest absolute Gasteiger partial charge is 0.497 e. The number of piperidine rings is 1. The molecule has 2 atom stereocenters. The van der Waals surface area contributed by atoms with Gasteiger partial charge in [-0.1, -0.05) is 26.0 Å². The minimum Gasteiger partial charge on any atom is -0.497 e. The van der Waals surface area contributed by atoms with Gasteiger partial charge in [0.1, 0.15) is 5.75 Å². The maximum absolute atomic E-state index is 13.1. The van der Waals surface area contributed by atoms with Crippen LogP contribution in [-0.4, -0.2) is 38.8 Å². The molecule has 7 heteroatoms. The van der Waals surface area contributed by atoms with E-state index in [-0.39, 0.29) is 10.8 Å². The molecule has 0 saturated carbocycles. The molecule has 28 heavy (non-hydrogen) atoms. The Balaban J connectivity index is 1.82. The lowest BCUT2D eigenvalue weighted by atomic mass is 9.94. The Bertz CT molecular complexity index is 948. The summed E-state index contributed by atoms with van der Waals surface area (Å²) in [5.41, 5.74) is 0.873. The average molecular weight is 403 g/mol. The van der Waals surface area contributed by atoms with Crippen LogP contribution in [0.4, 0.5) is 5.69 Å². The predicted molar refractivity (Wildman–Crippen MR) is 109 cm³/mol. The zero-order valence-electron chi connectivity index (χ0n) is 16.4. The number of carbonyl (C=O) groups excluding carboxylic acids is 1. The number of benzene rings is 2. The first kappa shape index (κ1) is 20.4. The number of sulfonamides is 1. The molecule has 6 nitrogen and oxygen atoms in total. The van der Waals surface area contributed by atoms with Gasteiger partial charge in [0.2, 0.25) is 10.0 Å². The molecule has 0 aliphatic carbocycles. The third-order valence-electron chi connectivity index (χ3n) is 4.90. The van der Waals surface area contributed by atoms with Crippen LogP contribution in [0.15, 0.2) is 53.4 Å². The minimum absolute atomic E-state index is 0.145. The zero-order chi connectivity index (χ0) is 20.3. The Kier molecular flexibility index (Phi) is 6.05. The van der Waals surface area contributed by atoms with E-state index in [9.17, 15) is 13.2 Å². The molecule has 0 bridgehead atoms. The van der Waals surface area contributed by atoms with Gasteiger partial charge >= 0.3 is 0 Å². The van der Waals surface area contributed by atoms with Crippen molar-refractivity contribution in [1.82, 2.24) is 4.31 Å². The summed E-state index contributed by atoms with van der Waals surface area (Å²) >= 11 is 0. The molecule has 2 unspecified atom stereocenters. The number of amides is 1. The number of ether oxygens (including phenoxy) is 1. The van der Waals surface area contributed by atoms with E-state index in [4.69, 9.17) is 4.74 Å². The van der Waals surface area contributed by atoms with Crippen LogP contribution < -0.4 is 10.1 Å². The van der Waals surface area contributed by atoms with Crippen molar-refractivity contribution in [3.63, 3.8) is 0 Å². The lowest BCUT2D eigenvalue weighted by Gasteiger charge is -2.34. The van der Waals surface area contributed by atoms with Crippen LogP contribution in [-0.2, 0) is 10.0 Å². The van der Waals surface area contributed by atoms with Gasteiger partial charge in [0.15, 0.2) is 0 Å². The molecule has 0 spiro atoms. The molecule has 3 rings (SSSR count). The van der Waals surface area contributed by atoms with E-state index >= 15 is 0 Å². The standard InChI is InChI=1S/C21H26N2O4S/c1-15-10-16(2)14-23(13-15)28(25,26)20-9-4-6-17(11-20)21(24)22-18-7-5-8-19(12-18)27-3/h4-9,11-12,15-16H,10,13-14H2,1-3H3,(H,22,24). The molecule has 1 saturated heterocycles. The van der Waals surface area contributed by atoms with Crippen molar-refractivity contribution in [3.8, 4) is 5.75 Å². The topological polar surface area (TPSA) is 75.7 Å². The molecule has 1 fully saturated rings. The summed E-state index contributed by atoms with van der Waals surface area (Å²) in [6, 6.07) is 13.2. The number of methoxy groups -OCH3 is 1. The number of hydrogen-bond acceptors (Lipinski definition) is 4. The van der Waals surface area contributed by atoms with E-state index in [2.05, 4.69) is 19.2 Å². The zero-order valence-corrected chi connectivity index (χ0v) is 17.2. The fraction of sp³-hybridized carbons (Fsp3) is 0.381. The summed E-state index contributed by atoms with van der Waals surface area (Å²) in [6.45, 7) is 5.15. The SMILES string of the molecule is COc1cccc(NC(=O)c2cccc(S(=O)(=O)N3CC(C)CC(C)C3)c2)c1. The van der Waals surface area contributed by atoms with Gasteiger partial charge < -0.3 is 10.1 Å². The minimum atomic E-state index is -3.63. The molecule has 0 radical (unpaired) electrons. The molecule has 150 valence electrons. The monoisotopic (exact) mass is 402 g/mol. The van der Waals surface area contributed by atoms with E-state index in [1.165, 1.54) is 10.4 Å². The molecular weight excluding hydrogens is 376 g/mol. The molecule has 2 aromatic rings. The summed E-state index contributed by atoms with van der Waals surface area (Å²) in [5, 5.41) is 2.78. The van der Waals surface area contributed by atoms with Crippen LogP contribution in [0.3, 0.4) is 0 Å². The lowest BCUT2D eigenvalue weighted by Crippen LogP contribution is -2.42. The number of carbonyl (C=O) groups is 1. The summed E-state index contributed by atoms with van der Waals surface area (Å²) in [6.07, 6.45) is 1.02. The van der Waals surface area contributed by atoms with Crippen molar-refractivity contribution in [2.45, 2.75) is 25.2 Å². The number of nitrogens with one attached hydrogen (secondary N) is 1. The van der Waals surface area contributed by atoms with Crippen LogP contribution in [0.2, 0.25) is 0 Å². The van der Waals surface area contributed by atoms with Crippen molar-refractivity contribution in [1.29, 1.82) is 0 Å². The number of anilines is 1. The van der Waals surface area contributed by atoms with Gasteiger partial charge in [0.05, 0.1) is 12.0 Å². The van der Waals surface area contributed by atoms with Gasteiger partial charge in [0.25, 0.3) is 5.91 Å². The Morgan fingerprint density at radius 3 is 2.43 bits per heavy atom. The molecule has 1 heterocycles. The Morgan fingerprint density at radius 2 is 1.75 bits per heavy atom. The summed E-state index contributed by atoms with van der Waals surface area (Å²) in [5.74, 6) is 0.893. The Morgan fingerprint density at radius 1 is 1.07 bits per heavy atom. The van der Waals surface area contributed by atoms with E-state index in [0.29, 0.717) is 41.9 Å². The maximum atomic E-state index is 13.1. The van der Waals surface area contributed by atoms with Crippen LogP contribution in [0.5, 0.6) is 5.75 Å². The smallest absolute Gasteiger partial charge is 0.255 e. The van der Waals surface area contributed by atoms with Crippen molar-refractivity contribution in [2.24, 2.45) is 11.8 Å². The van der Waals surface area contributed by atoms with Crippen LogP contribution in [0, 0.1) is 11.8 Å². The third kappa shape index (κ3) is 4.54. The number of nitrogens with zero attached hydrogens (tertiary/aromatic N) is 1. The van der Waals surface area contributed by atoms with Crippen molar-refractivity contribution in [2.75, 3.05) is 25.5 Å². The molecule has 2 aromatic carbocycles. The fourth-order valence-corrected chi connectivity index (χ4v) is 5.38. The van der Waals surface area contributed by atoms with Gasteiger partial charge in [-0.3, -0.25) is 4.79 Å².